The van der Waals surface area contributed by atoms with Crippen LogP contribution in [0.3, 0.4) is 0 Å². The van der Waals surface area contributed by atoms with Gasteiger partial charge in [-0.1, -0.05) is 12.8 Å². The normalized spacial score (nSPS) is 32.2. The Balaban J connectivity index is 1.86. The number of epoxide rings is 1. The monoisotopic (exact) mass is 304 g/mol. The van der Waals surface area contributed by atoms with Crippen LogP contribution in [0.25, 0.3) is 0 Å². The van der Waals surface area contributed by atoms with Crippen LogP contribution in [0.1, 0.15) is 32.1 Å². The minimum absolute atomic E-state index is 0.228. The summed E-state index contributed by atoms with van der Waals surface area (Å²) < 4.78 is 28.4. The molecule has 2 rings (SSSR count). The van der Waals surface area contributed by atoms with Gasteiger partial charge in [-0.05, 0) is 25.3 Å². The summed E-state index contributed by atoms with van der Waals surface area (Å²) in [5, 5.41) is -0.228. The second kappa shape index (κ2) is 7.33. The Kier molecular flexibility index (Phi) is 6.01. The van der Waals surface area contributed by atoms with Gasteiger partial charge in [-0.15, -0.1) is 0 Å². The Morgan fingerprint density at radius 1 is 1.20 bits per heavy atom. The van der Waals surface area contributed by atoms with Crippen LogP contribution in [0.15, 0.2) is 0 Å². The summed E-state index contributed by atoms with van der Waals surface area (Å²) in [5.74, 6) is 0. The third kappa shape index (κ3) is 3.43. The third-order valence-corrected chi connectivity index (χ3v) is 9.08. The Morgan fingerprint density at radius 3 is 2.55 bits per heavy atom. The summed E-state index contributed by atoms with van der Waals surface area (Å²) in [4.78, 5) is 0. The molecule has 0 radical (unpaired) electrons. The fourth-order valence-electron chi connectivity index (χ4n) is 3.36. The van der Waals surface area contributed by atoms with Crippen molar-refractivity contribution < 1.29 is 23.1 Å². The number of methoxy groups -OCH3 is 1. The van der Waals surface area contributed by atoms with Crippen molar-refractivity contribution in [2.24, 2.45) is 0 Å². The Labute approximate surface area is 123 Å². The molecule has 5 nitrogen and oxygen atoms in total. The molecule has 2 aliphatic heterocycles. The third-order valence-electron chi connectivity index (χ3n) is 4.66. The first-order chi connectivity index (χ1) is 9.72. The zero-order chi connectivity index (χ0) is 14.5. The van der Waals surface area contributed by atoms with Crippen LogP contribution in [0.4, 0.5) is 0 Å². The molecule has 0 bridgehead atoms. The van der Waals surface area contributed by atoms with Crippen LogP contribution in [0.2, 0.25) is 6.04 Å². The molecular formula is C14H28O5Si. The fraction of sp³-hybridized carbons (Fsp3) is 1.00. The van der Waals surface area contributed by atoms with E-state index in [-0.39, 0.29) is 5.22 Å². The Bertz CT molecular complexity index is 293. The van der Waals surface area contributed by atoms with Crippen molar-refractivity contribution in [3.8, 4) is 0 Å². The van der Waals surface area contributed by atoms with E-state index in [2.05, 4.69) is 0 Å². The number of ether oxygens (including phenoxy) is 3. The minimum atomic E-state index is -2.28. The summed E-state index contributed by atoms with van der Waals surface area (Å²) in [6.07, 6.45) is 5.65. The van der Waals surface area contributed by atoms with Crippen molar-refractivity contribution >= 4 is 8.56 Å². The first-order valence-corrected chi connectivity index (χ1v) is 9.59. The molecular weight excluding hydrogens is 276 g/mol. The molecule has 0 aromatic heterocycles. The average molecular weight is 304 g/mol. The van der Waals surface area contributed by atoms with Crippen LogP contribution < -0.4 is 0 Å². The van der Waals surface area contributed by atoms with E-state index in [4.69, 9.17) is 23.1 Å². The standard InChI is InChI=1S/C14H28O5Si/c1-15-14(8-6-9-18-11-13-12-19-13)7-4-5-10-20(14,16-2)17-3/h13H,4-12H2,1-3H3. The lowest BCUT2D eigenvalue weighted by molar-refractivity contribution is -0.0208. The maximum Gasteiger partial charge on any atom is 0.370 e. The van der Waals surface area contributed by atoms with Gasteiger partial charge in [0.15, 0.2) is 0 Å². The molecule has 6 heteroatoms. The van der Waals surface area contributed by atoms with E-state index >= 15 is 0 Å². The molecule has 2 aliphatic rings. The first kappa shape index (κ1) is 16.4. The zero-order valence-electron chi connectivity index (χ0n) is 13.0. The van der Waals surface area contributed by atoms with E-state index in [1.165, 1.54) is 12.8 Å². The van der Waals surface area contributed by atoms with Gasteiger partial charge in [0, 0.05) is 27.9 Å². The molecule has 0 saturated carbocycles. The molecule has 2 fully saturated rings. The molecule has 0 aromatic carbocycles. The molecule has 0 aromatic rings. The Morgan fingerprint density at radius 2 is 1.95 bits per heavy atom. The molecule has 0 N–H and O–H groups in total. The van der Waals surface area contributed by atoms with Crippen molar-refractivity contribution in [1.29, 1.82) is 0 Å². The molecule has 0 amide bonds. The highest BCUT2D eigenvalue weighted by Gasteiger charge is 2.58. The van der Waals surface area contributed by atoms with Gasteiger partial charge in [-0.3, -0.25) is 0 Å². The van der Waals surface area contributed by atoms with E-state index in [0.29, 0.717) is 6.10 Å². The lowest BCUT2D eigenvalue weighted by atomic mass is 10.1. The summed E-state index contributed by atoms with van der Waals surface area (Å²) in [5.41, 5.74) is 0. The van der Waals surface area contributed by atoms with Crippen molar-refractivity contribution in [2.75, 3.05) is 41.2 Å². The predicted molar refractivity (Wildman–Crippen MR) is 78.0 cm³/mol. The summed E-state index contributed by atoms with van der Waals surface area (Å²) in [6, 6.07) is 1.02. The largest absolute Gasteiger partial charge is 0.396 e. The van der Waals surface area contributed by atoms with Crippen molar-refractivity contribution in [2.45, 2.75) is 49.5 Å². The van der Waals surface area contributed by atoms with Gasteiger partial charge in [-0.25, -0.2) is 0 Å². The van der Waals surface area contributed by atoms with Gasteiger partial charge >= 0.3 is 8.56 Å². The topological polar surface area (TPSA) is 49.5 Å². The van der Waals surface area contributed by atoms with Crippen LogP contribution in [-0.4, -0.2) is 61.0 Å². The zero-order valence-corrected chi connectivity index (χ0v) is 14.0. The van der Waals surface area contributed by atoms with Crippen molar-refractivity contribution in [3.63, 3.8) is 0 Å². The van der Waals surface area contributed by atoms with Crippen molar-refractivity contribution in [1.82, 2.24) is 0 Å². The van der Waals surface area contributed by atoms with Gasteiger partial charge in [0.1, 0.15) is 11.3 Å². The van der Waals surface area contributed by atoms with Gasteiger partial charge < -0.3 is 23.1 Å². The molecule has 2 saturated heterocycles. The number of hydrogen-bond donors (Lipinski definition) is 0. The molecule has 2 atom stereocenters. The molecule has 2 unspecified atom stereocenters. The summed E-state index contributed by atoms with van der Waals surface area (Å²) >= 11 is 0. The van der Waals surface area contributed by atoms with E-state index in [0.717, 1.165) is 45.1 Å². The maximum absolute atomic E-state index is 5.95. The van der Waals surface area contributed by atoms with E-state index in [1.54, 1.807) is 21.3 Å². The van der Waals surface area contributed by atoms with Crippen LogP contribution in [0.5, 0.6) is 0 Å². The Hall–Kier alpha value is 0.0169. The van der Waals surface area contributed by atoms with Crippen LogP contribution in [0, 0.1) is 0 Å². The lowest BCUT2D eigenvalue weighted by Gasteiger charge is -2.48. The van der Waals surface area contributed by atoms with Gasteiger partial charge in [0.05, 0.1) is 13.2 Å². The highest BCUT2D eigenvalue weighted by molar-refractivity contribution is 6.70. The predicted octanol–water partition coefficient (Wildman–Crippen LogP) is 2.03. The van der Waals surface area contributed by atoms with Crippen LogP contribution >= 0.6 is 0 Å². The molecule has 118 valence electrons. The smallest absolute Gasteiger partial charge is 0.370 e. The minimum Gasteiger partial charge on any atom is -0.396 e. The second-order valence-electron chi connectivity index (χ2n) is 5.70. The molecule has 20 heavy (non-hydrogen) atoms. The lowest BCUT2D eigenvalue weighted by Crippen LogP contribution is -2.64. The number of rotatable bonds is 9. The van der Waals surface area contributed by atoms with Crippen molar-refractivity contribution in [3.05, 3.63) is 0 Å². The SMILES string of the molecule is COC1(CCCOCC2CO2)CCCC[Si]1(OC)OC. The quantitative estimate of drug-likeness (QED) is 0.370. The van der Waals surface area contributed by atoms with Gasteiger partial charge in [0.2, 0.25) is 0 Å². The molecule has 0 aliphatic carbocycles. The summed E-state index contributed by atoms with van der Waals surface area (Å²) in [6.45, 7) is 2.32. The summed E-state index contributed by atoms with van der Waals surface area (Å²) in [7, 11) is 3.06. The average Bonchev–Trinajstić information content (AvgIpc) is 3.31. The van der Waals surface area contributed by atoms with Crippen LogP contribution in [-0.2, 0) is 23.1 Å². The van der Waals surface area contributed by atoms with E-state index in [9.17, 15) is 0 Å². The highest BCUT2D eigenvalue weighted by Crippen LogP contribution is 2.42. The first-order valence-electron chi connectivity index (χ1n) is 7.57. The molecule has 2 heterocycles. The fourth-order valence-corrected chi connectivity index (χ4v) is 7.28. The maximum atomic E-state index is 5.95. The highest BCUT2D eigenvalue weighted by atomic mass is 28.4. The second-order valence-corrected chi connectivity index (χ2v) is 9.43. The molecule has 0 spiro atoms. The van der Waals surface area contributed by atoms with Gasteiger partial charge in [0.25, 0.3) is 0 Å². The van der Waals surface area contributed by atoms with E-state index in [1.807, 2.05) is 0 Å². The number of hydrogen-bond acceptors (Lipinski definition) is 5. The van der Waals surface area contributed by atoms with E-state index < -0.39 is 8.56 Å². The van der Waals surface area contributed by atoms with Gasteiger partial charge in [-0.2, -0.15) is 0 Å².